The highest BCUT2D eigenvalue weighted by molar-refractivity contribution is 5.93. The van der Waals surface area contributed by atoms with E-state index in [0.29, 0.717) is 61.8 Å². The summed E-state index contributed by atoms with van der Waals surface area (Å²) in [6, 6.07) is 6.36. The van der Waals surface area contributed by atoms with E-state index in [2.05, 4.69) is 9.97 Å². The minimum absolute atomic E-state index is 0.0107. The van der Waals surface area contributed by atoms with Crippen LogP contribution in [0, 0.1) is 12.7 Å². The van der Waals surface area contributed by atoms with Crippen molar-refractivity contribution in [2.45, 2.75) is 43.9 Å². The molecule has 2 aliphatic heterocycles. The van der Waals surface area contributed by atoms with Gasteiger partial charge in [-0.1, -0.05) is 12.1 Å². The molecule has 4 rings (SSSR count). The maximum absolute atomic E-state index is 14.0. The molecule has 2 fully saturated rings. The molecule has 2 aromatic rings. The Hall–Kier alpha value is -2.87. The Bertz CT molecular complexity index is 991. The van der Waals surface area contributed by atoms with Gasteiger partial charge in [-0.25, -0.2) is 14.4 Å². The third-order valence-corrected chi connectivity index (χ3v) is 6.47. The van der Waals surface area contributed by atoms with E-state index in [9.17, 15) is 14.0 Å². The Morgan fingerprint density at radius 2 is 2.06 bits per heavy atom. The summed E-state index contributed by atoms with van der Waals surface area (Å²) in [5, 5.41) is 0. The molecule has 3 heterocycles. The lowest BCUT2D eigenvalue weighted by Gasteiger charge is -2.42. The van der Waals surface area contributed by atoms with Gasteiger partial charge in [0.05, 0.1) is 16.7 Å². The van der Waals surface area contributed by atoms with Crippen molar-refractivity contribution in [2.24, 2.45) is 5.73 Å². The van der Waals surface area contributed by atoms with E-state index in [4.69, 9.17) is 10.5 Å². The number of nitrogens with zero attached hydrogens (tertiary/aromatic N) is 3. The number of primary amides is 1. The van der Waals surface area contributed by atoms with Gasteiger partial charge in [0.2, 0.25) is 5.91 Å². The maximum Gasteiger partial charge on any atom is 0.252 e. The van der Waals surface area contributed by atoms with Crippen LogP contribution in [0.5, 0.6) is 0 Å². The highest BCUT2D eigenvalue weighted by Gasteiger charge is 2.45. The molecule has 8 heteroatoms. The zero-order valence-electron chi connectivity index (χ0n) is 17.6. The molecule has 0 radical (unpaired) electrons. The Balaban J connectivity index is 1.60. The molecule has 2 N–H and O–H groups in total. The number of carbonyl (C=O) groups excluding carboxylic acids is 2. The summed E-state index contributed by atoms with van der Waals surface area (Å²) in [5.41, 5.74) is 6.13. The van der Waals surface area contributed by atoms with Crippen LogP contribution in [0.25, 0.3) is 0 Å². The van der Waals surface area contributed by atoms with E-state index in [1.54, 1.807) is 13.0 Å². The van der Waals surface area contributed by atoms with Crippen molar-refractivity contribution in [3.05, 3.63) is 58.9 Å². The lowest BCUT2D eigenvalue weighted by atomic mass is 9.72. The summed E-state index contributed by atoms with van der Waals surface area (Å²) in [6.07, 6.45) is 4.20. The Morgan fingerprint density at radius 3 is 2.74 bits per heavy atom. The topological polar surface area (TPSA) is 98.4 Å². The molecular formula is C23H27FN4O3. The van der Waals surface area contributed by atoms with E-state index in [0.717, 1.165) is 12.8 Å². The zero-order valence-corrected chi connectivity index (χ0v) is 17.6. The van der Waals surface area contributed by atoms with Crippen molar-refractivity contribution < 1.29 is 18.7 Å². The Kier molecular flexibility index (Phi) is 6.00. The van der Waals surface area contributed by atoms with Gasteiger partial charge in [0.25, 0.3) is 5.91 Å². The number of halogens is 1. The average Bonchev–Trinajstić information content (AvgIpc) is 2.79. The molecule has 2 aliphatic rings. The second kappa shape index (κ2) is 8.70. The number of piperidine rings is 1. The normalized spacial score (nSPS) is 21.0. The van der Waals surface area contributed by atoms with Crippen molar-refractivity contribution in [2.75, 3.05) is 26.3 Å². The average molecular weight is 426 g/mol. The number of hydrogen-bond acceptors (Lipinski definition) is 5. The van der Waals surface area contributed by atoms with Crippen LogP contribution in [0.4, 0.5) is 4.39 Å². The van der Waals surface area contributed by atoms with Crippen LogP contribution in [0.2, 0.25) is 0 Å². The van der Waals surface area contributed by atoms with Crippen LogP contribution in [-0.2, 0) is 14.9 Å². The van der Waals surface area contributed by atoms with Gasteiger partial charge in [0, 0.05) is 38.4 Å². The molecule has 1 aromatic heterocycles. The van der Waals surface area contributed by atoms with E-state index >= 15 is 0 Å². The number of likely N-dealkylation sites (tertiary alicyclic amines) is 1. The number of amides is 2. The van der Waals surface area contributed by atoms with Crippen molar-refractivity contribution in [1.82, 2.24) is 14.9 Å². The molecule has 164 valence electrons. The van der Waals surface area contributed by atoms with Crippen molar-refractivity contribution >= 4 is 11.8 Å². The third kappa shape index (κ3) is 4.17. The fourth-order valence-corrected chi connectivity index (χ4v) is 4.73. The van der Waals surface area contributed by atoms with E-state index < -0.39 is 11.3 Å². The van der Waals surface area contributed by atoms with Gasteiger partial charge in [0.1, 0.15) is 11.6 Å². The summed E-state index contributed by atoms with van der Waals surface area (Å²) in [7, 11) is 0. The molecule has 0 saturated carbocycles. The van der Waals surface area contributed by atoms with E-state index in [1.807, 2.05) is 11.0 Å². The third-order valence-electron chi connectivity index (χ3n) is 6.47. The van der Waals surface area contributed by atoms with Crippen LogP contribution in [0.15, 0.2) is 30.5 Å². The first-order chi connectivity index (χ1) is 14.9. The first kappa shape index (κ1) is 21.4. The fourth-order valence-electron chi connectivity index (χ4n) is 4.73. The maximum atomic E-state index is 14.0. The van der Waals surface area contributed by atoms with Crippen molar-refractivity contribution in [3.63, 3.8) is 0 Å². The molecule has 0 spiro atoms. The van der Waals surface area contributed by atoms with Crippen LogP contribution in [0.3, 0.4) is 0 Å². The standard InChI is InChI=1S/C23H27FN4O3/c1-15-19(20(25)29)13-26-21(27-15)16-4-3-9-28(14-16)22(30)23(7-10-31-11-8-23)17-5-2-6-18(24)12-17/h2,5-6,12-13,16H,3-4,7-11,14H2,1H3,(H2,25,29)/t16-/m0/s1. The number of rotatable bonds is 4. The van der Waals surface area contributed by atoms with Crippen molar-refractivity contribution in [3.8, 4) is 0 Å². The molecule has 2 amide bonds. The molecular weight excluding hydrogens is 399 g/mol. The number of aromatic nitrogens is 2. The minimum atomic E-state index is -0.783. The number of carbonyl (C=O) groups is 2. The summed E-state index contributed by atoms with van der Waals surface area (Å²) >= 11 is 0. The molecule has 31 heavy (non-hydrogen) atoms. The van der Waals surface area contributed by atoms with Gasteiger partial charge in [-0.05, 0) is 50.3 Å². The van der Waals surface area contributed by atoms with Gasteiger partial charge in [-0.15, -0.1) is 0 Å². The van der Waals surface area contributed by atoms with E-state index in [1.165, 1.54) is 18.3 Å². The first-order valence-corrected chi connectivity index (χ1v) is 10.7. The first-order valence-electron chi connectivity index (χ1n) is 10.7. The van der Waals surface area contributed by atoms with Gasteiger partial charge in [-0.2, -0.15) is 0 Å². The van der Waals surface area contributed by atoms with Crippen molar-refractivity contribution in [1.29, 1.82) is 0 Å². The van der Waals surface area contributed by atoms with Crippen LogP contribution in [-0.4, -0.2) is 53.0 Å². The van der Waals surface area contributed by atoms with Gasteiger partial charge < -0.3 is 15.4 Å². The van der Waals surface area contributed by atoms with Gasteiger partial charge in [-0.3, -0.25) is 9.59 Å². The monoisotopic (exact) mass is 426 g/mol. The molecule has 0 aliphatic carbocycles. The predicted molar refractivity (Wildman–Crippen MR) is 112 cm³/mol. The second-order valence-electron chi connectivity index (χ2n) is 8.39. The smallest absolute Gasteiger partial charge is 0.252 e. The number of ether oxygens (including phenoxy) is 1. The molecule has 7 nitrogen and oxygen atoms in total. The molecule has 2 saturated heterocycles. The van der Waals surface area contributed by atoms with Crippen LogP contribution in [0.1, 0.15) is 59.0 Å². The molecule has 0 unspecified atom stereocenters. The Morgan fingerprint density at radius 1 is 1.29 bits per heavy atom. The number of aryl methyl sites for hydroxylation is 1. The van der Waals surface area contributed by atoms with Gasteiger partial charge in [0.15, 0.2) is 0 Å². The quantitative estimate of drug-likeness (QED) is 0.810. The highest BCUT2D eigenvalue weighted by atomic mass is 19.1. The minimum Gasteiger partial charge on any atom is -0.381 e. The lowest BCUT2D eigenvalue weighted by Crippen LogP contribution is -2.52. The highest BCUT2D eigenvalue weighted by Crippen LogP contribution is 2.38. The second-order valence-corrected chi connectivity index (χ2v) is 8.39. The molecule has 1 aromatic carbocycles. The van der Waals surface area contributed by atoms with Crippen LogP contribution < -0.4 is 5.73 Å². The van der Waals surface area contributed by atoms with Gasteiger partial charge >= 0.3 is 0 Å². The number of benzene rings is 1. The summed E-state index contributed by atoms with van der Waals surface area (Å²) < 4.78 is 19.5. The number of nitrogens with two attached hydrogens (primary N) is 1. The SMILES string of the molecule is Cc1nc([C@H]2CCCN(C(=O)C3(c4cccc(F)c4)CCOCC3)C2)ncc1C(N)=O. The largest absolute Gasteiger partial charge is 0.381 e. The molecule has 0 bridgehead atoms. The van der Waals surface area contributed by atoms with E-state index in [-0.39, 0.29) is 17.6 Å². The number of hydrogen-bond donors (Lipinski definition) is 1. The summed E-state index contributed by atoms with van der Waals surface area (Å²) in [4.78, 5) is 36.0. The Labute approximate surface area is 180 Å². The lowest BCUT2D eigenvalue weighted by molar-refractivity contribution is -0.142. The fraction of sp³-hybridized carbons (Fsp3) is 0.478. The zero-order chi connectivity index (χ0) is 22.0. The summed E-state index contributed by atoms with van der Waals surface area (Å²) in [5.74, 6) is -0.293. The predicted octanol–water partition coefficient (Wildman–Crippen LogP) is 2.48. The molecule has 1 atom stereocenters. The summed E-state index contributed by atoms with van der Waals surface area (Å²) in [6.45, 7) is 3.81. The van der Waals surface area contributed by atoms with Crippen LogP contribution >= 0.6 is 0 Å².